The second kappa shape index (κ2) is 3.37. The smallest absolute Gasteiger partial charge is 0.352 e. The zero-order chi connectivity index (χ0) is 11.9. The van der Waals surface area contributed by atoms with Crippen LogP contribution in [0.2, 0.25) is 0 Å². The molecule has 5 nitrogen and oxygen atoms in total. The highest BCUT2D eigenvalue weighted by molar-refractivity contribution is 5.94. The number of aryl methyl sites for hydroxylation is 1. The van der Waals surface area contributed by atoms with Crippen LogP contribution in [0.25, 0.3) is 10.9 Å². The summed E-state index contributed by atoms with van der Waals surface area (Å²) in [4.78, 5) is 25.1. The lowest BCUT2D eigenvalue weighted by atomic mass is 10.1. The Morgan fingerprint density at radius 2 is 2.06 bits per heavy atom. The van der Waals surface area contributed by atoms with Crippen LogP contribution in [-0.4, -0.2) is 16.1 Å². The molecular weight excluding hydrogens is 208 g/mol. The van der Waals surface area contributed by atoms with Crippen LogP contribution in [0.15, 0.2) is 23.0 Å². The van der Waals surface area contributed by atoms with Crippen molar-refractivity contribution in [2.45, 2.75) is 6.92 Å². The molecule has 0 aliphatic carbocycles. The van der Waals surface area contributed by atoms with Gasteiger partial charge in [-0.3, -0.25) is 4.79 Å². The number of aromatic nitrogens is 1. The van der Waals surface area contributed by atoms with Crippen molar-refractivity contribution in [3.63, 3.8) is 0 Å². The number of aromatic amines is 1. The van der Waals surface area contributed by atoms with Crippen molar-refractivity contribution in [1.29, 1.82) is 0 Å². The molecule has 0 amide bonds. The predicted molar refractivity (Wildman–Crippen MR) is 60.7 cm³/mol. The third kappa shape index (κ3) is 1.52. The Hall–Kier alpha value is -2.30. The molecule has 0 fully saturated rings. The normalized spacial score (nSPS) is 10.6. The maximum Gasteiger partial charge on any atom is 0.352 e. The van der Waals surface area contributed by atoms with E-state index in [4.69, 9.17) is 10.8 Å². The Balaban J connectivity index is 2.93. The number of nitrogens with one attached hydrogen (secondary N) is 1. The van der Waals surface area contributed by atoms with Crippen LogP contribution in [0, 0.1) is 6.92 Å². The summed E-state index contributed by atoms with van der Waals surface area (Å²) in [5.41, 5.74) is 6.83. The molecule has 0 saturated heterocycles. The van der Waals surface area contributed by atoms with Crippen LogP contribution in [0.4, 0.5) is 5.69 Å². The molecule has 16 heavy (non-hydrogen) atoms. The van der Waals surface area contributed by atoms with Gasteiger partial charge in [-0.15, -0.1) is 0 Å². The number of nitrogens with two attached hydrogens (primary N) is 1. The van der Waals surface area contributed by atoms with Gasteiger partial charge in [0.1, 0.15) is 5.69 Å². The molecule has 5 heteroatoms. The Kier molecular flexibility index (Phi) is 2.16. The first-order valence-electron chi connectivity index (χ1n) is 4.65. The van der Waals surface area contributed by atoms with Gasteiger partial charge in [-0.1, -0.05) is 0 Å². The average molecular weight is 218 g/mol. The van der Waals surface area contributed by atoms with E-state index in [9.17, 15) is 9.59 Å². The van der Waals surface area contributed by atoms with E-state index < -0.39 is 5.97 Å². The number of hydrogen-bond donors (Lipinski definition) is 3. The molecule has 0 radical (unpaired) electrons. The van der Waals surface area contributed by atoms with E-state index in [2.05, 4.69) is 4.98 Å². The molecule has 4 N–H and O–H groups in total. The van der Waals surface area contributed by atoms with Crippen molar-refractivity contribution in [2.75, 3.05) is 5.73 Å². The van der Waals surface area contributed by atoms with Crippen LogP contribution in [0.5, 0.6) is 0 Å². The van der Waals surface area contributed by atoms with Crippen LogP contribution in [0.1, 0.15) is 16.1 Å². The van der Waals surface area contributed by atoms with Crippen molar-refractivity contribution in [3.8, 4) is 0 Å². The summed E-state index contributed by atoms with van der Waals surface area (Å²) in [6.07, 6.45) is 0. The molecule has 82 valence electrons. The highest BCUT2D eigenvalue weighted by Crippen LogP contribution is 2.18. The first-order valence-corrected chi connectivity index (χ1v) is 4.65. The summed E-state index contributed by atoms with van der Waals surface area (Å²) in [6.45, 7) is 1.82. The SMILES string of the molecule is Cc1cc(N)c2[nH]c(C(=O)O)cc(=O)c2c1. The number of carbonyl (C=O) groups is 1. The summed E-state index contributed by atoms with van der Waals surface area (Å²) in [5, 5.41) is 9.21. The number of anilines is 1. The predicted octanol–water partition coefficient (Wildman–Crippen LogP) is 1.12. The van der Waals surface area contributed by atoms with E-state index in [1.54, 1.807) is 12.1 Å². The van der Waals surface area contributed by atoms with Gasteiger partial charge in [0.05, 0.1) is 11.2 Å². The summed E-state index contributed by atoms with van der Waals surface area (Å²) >= 11 is 0. The van der Waals surface area contributed by atoms with Gasteiger partial charge >= 0.3 is 5.97 Å². The van der Waals surface area contributed by atoms with Crippen LogP contribution < -0.4 is 11.2 Å². The quantitative estimate of drug-likeness (QED) is 0.625. The summed E-state index contributed by atoms with van der Waals surface area (Å²) in [6, 6.07) is 4.42. The zero-order valence-electron chi connectivity index (χ0n) is 8.57. The molecule has 0 saturated carbocycles. The zero-order valence-corrected chi connectivity index (χ0v) is 8.57. The molecule has 0 unspecified atom stereocenters. The Bertz CT molecular complexity index is 643. The number of nitrogen functional groups attached to an aromatic ring is 1. The van der Waals surface area contributed by atoms with Crippen LogP contribution >= 0.6 is 0 Å². The average Bonchev–Trinajstić information content (AvgIpc) is 2.19. The lowest BCUT2D eigenvalue weighted by Crippen LogP contribution is -2.10. The molecule has 1 aromatic heterocycles. The van der Waals surface area contributed by atoms with Gasteiger partial charge in [-0.2, -0.15) is 0 Å². The van der Waals surface area contributed by atoms with Crippen molar-refractivity contribution in [3.05, 3.63) is 39.7 Å². The Morgan fingerprint density at radius 3 is 2.69 bits per heavy atom. The van der Waals surface area contributed by atoms with E-state index in [0.717, 1.165) is 11.6 Å². The van der Waals surface area contributed by atoms with E-state index >= 15 is 0 Å². The third-order valence-electron chi connectivity index (χ3n) is 2.34. The number of fused-ring (bicyclic) bond motifs is 1. The lowest BCUT2D eigenvalue weighted by molar-refractivity contribution is 0.0691. The third-order valence-corrected chi connectivity index (χ3v) is 2.34. The van der Waals surface area contributed by atoms with Crippen molar-refractivity contribution >= 4 is 22.6 Å². The molecular formula is C11H10N2O3. The van der Waals surface area contributed by atoms with Gasteiger partial charge in [0, 0.05) is 11.5 Å². The first-order chi connectivity index (χ1) is 7.49. The number of H-pyrrole nitrogens is 1. The monoisotopic (exact) mass is 218 g/mol. The minimum Gasteiger partial charge on any atom is -0.477 e. The number of carboxylic acids is 1. The minimum atomic E-state index is -1.18. The van der Waals surface area contributed by atoms with Gasteiger partial charge in [-0.25, -0.2) is 4.79 Å². The molecule has 2 aromatic rings. The molecule has 0 aliphatic heterocycles. The van der Waals surface area contributed by atoms with E-state index in [-0.39, 0.29) is 11.1 Å². The standard InChI is InChI=1S/C11H10N2O3/c1-5-2-6-9(14)4-8(11(15)16)13-10(6)7(12)3-5/h2-4H,12H2,1H3,(H,13,14)(H,15,16). The topological polar surface area (TPSA) is 96.2 Å². The van der Waals surface area contributed by atoms with Crippen LogP contribution in [0.3, 0.4) is 0 Å². The maximum atomic E-state index is 11.7. The van der Waals surface area contributed by atoms with Gasteiger partial charge in [0.2, 0.25) is 0 Å². The number of carboxylic acid groups (broad SMARTS) is 1. The molecule has 2 rings (SSSR count). The Morgan fingerprint density at radius 1 is 1.38 bits per heavy atom. The fourth-order valence-electron chi connectivity index (χ4n) is 1.64. The molecule has 1 aromatic carbocycles. The fourth-order valence-corrected chi connectivity index (χ4v) is 1.64. The molecule has 0 atom stereocenters. The van der Waals surface area contributed by atoms with Gasteiger partial charge in [-0.05, 0) is 24.6 Å². The number of rotatable bonds is 1. The van der Waals surface area contributed by atoms with E-state index in [0.29, 0.717) is 16.6 Å². The highest BCUT2D eigenvalue weighted by atomic mass is 16.4. The van der Waals surface area contributed by atoms with Gasteiger partial charge < -0.3 is 15.8 Å². The molecule has 0 spiro atoms. The molecule has 0 aliphatic rings. The van der Waals surface area contributed by atoms with Crippen molar-refractivity contribution in [2.24, 2.45) is 0 Å². The second-order valence-electron chi connectivity index (χ2n) is 3.63. The fraction of sp³-hybridized carbons (Fsp3) is 0.0909. The van der Waals surface area contributed by atoms with Gasteiger partial charge in [0.15, 0.2) is 5.43 Å². The lowest BCUT2D eigenvalue weighted by Gasteiger charge is -2.05. The summed E-state index contributed by atoms with van der Waals surface area (Å²) in [5.74, 6) is -1.18. The maximum absolute atomic E-state index is 11.7. The molecule has 0 bridgehead atoms. The molecule has 1 heterocycles. The minimum absolute atomic E-state index is 0.159. The largest absolute Gasteiger partial charge is 0.477 e. The van der Waals surface area contributed by atoms with E-state index in [1.165, 1.54) is 0 Å². The highest BCUT2D eigenvalue weighted by Gasteiger charge is 2.09. The van der Waals surface area contributed by atoms with Gasteiger partial charge in [0.25, 0.3) is 0 Å². The van der Waals surface area contributed by atoms with Crippen molar-refractivity contribution in [1.82, 2.24) is 4.98 Å². The van der Waals surface area contributed by atoms with E-state index in [1.807, 2.05) is 6.92 Å². The van der Waals surface area contributed by atoms with Crippen molar-refractivity contribution < 1.29 is 9.90 Å². The number of pyridine rings is 1. The number of benzene rings is 1. The number of aromatic carboxylic acids is 1. The van der Waals surface area contributed by atoms with Crippen LogP contribution in [-0.2, 0) is 0 Å². The summed E-state index contributed by atoms with van der Waals surface area (Å²) in [7, 11) is 0. The Labute approximate surface area is 90.5 Å². The number of hydrogen-bond acceptors (Lipinski definition) is 3. The summed E-state index contributed by atoms with van der Waals surface area (Å²) < 4.78 is 0. The first kappa shape index (κ1) is 10.2. The second-order valence-corrected chi connectivity index (χ2v) is 3.63.